The third kappa shape index (κ3) is 4.12. The number of piperazine rings is 1. The number of amides is 1. The summed E-state index contributed by atoms with van der Waals surface area (Å²) in [6, 6.07) is 15.9. The molecule has 0 unspecified atom stereocenters. The molecule has 2 aromatic carbocycles. The largest absolute Gasteiger partial charge is 0.329 e. The summed E-state index contributed by atoms with van der Waals surface area (Å²) < 4.78 is 2.10. The molecular formula is C24H25N5O. The van der Waals surface area contributed by atoms with E-state index in [0.29, 0.717) is 31.7 Å². The lowest BCUT2D eigenvalue weighted by Gasteiger charge is -2.35. The van der Waals surface area contributed by atoms with Gasteiger partial charge in [0.2, 0.25) is 5.91 Å². The fourth-order valence-corrected chi connectivity index (χ4v) is 3.87. The molecule has 0 spiro atoms. The lowest BCUT2D eigenvalue weighted by atomic mass is 10.1. The smallest absolute Gasteiger partial charge is 0.241 e. The maximum Gasteiger partial charge on any atom is 0.241 e. The lowest BCUT2D eigenvalue weighted by Crippen LogP contribution is -2.50. The van der Waals surface area contributed by atoms with Crippen LogP contribution in [0.1, 0.15) is 27.9 Å². The fraction of sp³-hybridized carbons (Fsp3) is 0.292. The van der Waals surface area contributed by atoms with E-state index in [2.05, 4.69) is 40.4 Å². The zero-order chi connectivity index (χ0) is 21.1. The molecule has 4 rings (SSSR count). The van der Waals surface area contributed by atoms with Crippen LogP contribution < -0.4 is 4.90 Å². The van der Waals surface area contributed by atoms with Crippen LogP contribution in [0.25, 0.3) is 0 Å². The Morgan fingerprint density at radius 2 is 1.87 bits per heavy atom. The van der Waals surface area contributed by atoms with Crippen LogP contribution >= 0.6 is 0 Å². The van der Waals surface area contributed by atoms with Gasteiger partial charge in [0.1, 0.15) is 0 Å². The summed E-state index contributed by atoms with van der Waals surface area (Å²) in [5.41, 5.74) is 6.24. The molecule has 0 radical (unpaired) electrons. The number of hydrogen-bond acceptors (Lipinski definition) is 4. The average molecular weight is 399 g/mol. The summed E-state index contributed by atoms with van der Waals surface area (Å²) in [4.78, 5) is 21.3. The second kappa shape index (κ2) is 8.52. The summed E-state index contributed by atoms with van der Waals surface area (Å²) in [6.45, 7) is 7.43. The summed E-state index contributed by atoms with van der Waals surface area (Å²) in [6.07, 6.45) is 3.69. The molecule has 6 nitrogen and oxygen atoms in total. The number of nitriles is 1. The molecule has 0 atom stereocenters. The number of nitrogens with zero attached hydrogens (tertiary/aromatic N) is 5. The second-order valence-corrected chi connectivity index (χ2v) is 7.80. The van der Waals surface area contributed by atoms with Crippen molar-refractivity contribution in [2.45, 2.75) is 26.9 Å². The van der Waals surface area contributed by atoms with Crippen molar-refractivity contribution >= 4 is 11.6 Å². The van der Waals surface area contributed by atoms with Crippen molar-refractivity contribution in [3.05, 3.63) is 82.9 Å². The molecule has 3 aromatic rings. The lowest BCUT2D eigenvalue weighted by molar-refractivity contribution is -0.121. The SMILES string of the molecule is Cc1cccc(N2CCN(Cc3cncn3Cc3ccc(C#N)cc3)CC2=O)c1C. The Hall–Kier alpha value is -3.43. The van der Waals surface area contributed by atoms with Crippen molar-refractivity contribution < 1.29 is 4.79 Å². The van der Waals surface area contributed by atoms with E-state index in [0.717, 1.165) is 23.5 Å². The van der Waals surface area contributed by atoms with Crippen LogP contribution in [0.3, 0.4) is 0 Å². The number of aromatic nitrogens is 2. The number of carbonyl (C=O) groups is 1. The highest BCUT2D eigenvalue weighted by Crippen LogP contribution is 2.25. The van der Waals surface area contributed by atoms with Gasteiger partial charge < -0.3 is 9.47 Å². The van der Waals surface area contributed by atoms with Crippen LogP contribution in [0, 0.1) is 25.2 Å². The molecule has 1 aliphatic heterocycles. The second-order valence-electron chi connectivity index (χ2n) is 7.80. The van der Waals surface area contributed by atoms with Crippen molar-refractivity contribution in [1.82, 2.24) is 14.5 Å². The van der Waals surface area contributed by atoms with E-state index in [9.17, 15) is 4.79 Å². The first-order chi connectivity index (χ1) is 14.5. The molecular weight excluding hydrogens is 374 g/mol. The summed E-state index contributed by atoms with van der Waals surface area (Å²) in [5.74, 6) is 0.133. The topological polar surface area (TPSA) is 65.2 Å². The zero-order valence-corrected chi connectivity index (χ0v) is 17.4. The Labute approximate surface area is 177 Å². The van der Waals surface area contributed by atoms with Gasteiger partial charge in [-0.1, -0.05) is 24.3 Å². The predicted molar refractivity (Wildman–Crippen MR) is 116 cm³/mol. The standard InChI is InChI=1S/C24H25N5O/c1-18-4-3-5-23(19(18)2)29-11-10-27(16-24(29)30)15-22-13-26-17-28(22)14-21-8-6-20(12-25)7-9-21/h3-9,13,17H,10-11,14-16H2,1-2H3. The highest BCUT2D eigenvalue weighted by atomic mass is 16.2. The Bertz CT molecular complexity index is 1090. The van der Waals surface area contributed by atoms with E-state index in [4.69, 9.17) is 5.26 Å². The van der Waals surface area contributed by atoms with Gasteiger partial charge in [-0.05, 0) is 48.7 Å². The quantitative estimate of drug-likeness (QED) is 0.661. The minimum atomic E-state index is 0.133. The maximum absolute atomic E-state index is 12.9. The molecule has 0 bridgehead atoms. The van der Waals surface area contributed by atoms with E-state index < -0.39 is 0 Å². The van der Waals surface area contributed by atoms with Crippen molar-refractivity contribution in [2.75, 3.05) is 24.5 Å². The first-order valence-corrected chi connectivity index (χ1v) is 10.1. The number of rotatable bonds is 5. The normalized spacial score (nSPS) is 14.7. The van der Waals surface area contributed by atoms with Crippen LogP contribution in [-0.2, 0) is 17.9 Å². The number of benzene rings is 2. The van der Waals surface area contributed by atoms with E-state index in [1.807, 2.05) is 53.8 Å². The van der Waals surface area contributed by atoms with Gasteiger partial charge in [0, 0.05) is 38.1 Å². The molecule has 1 fully saturated rings. The summed E-state index contributed by atoms with van der Waals surface area (Å²) in [5, 5.41) is 8.95. The molecule has 2 heterocycles. The van der Waals surface area contributed by atoms with Gasteiger partial charge in [0.25, 0.3) is 0 Å². The summed E-state index contributed by atoms with van der Waals surface area (Å²) in [7, 11) is 0. The monoisotopic (exact) mass is 399 g/mol. The van der Waals surface area contributed by atoms with Gasteiger partial charge >= 0.3 is 0 Å². The van der Waals surface area contributed by atoms with Gasteiger partial charge in [-0.3, -0.25) is 9.69 Å². The van der Waals surface area contributed by atoms with Crippen molar-refractivity contribution in [2.24, 2.45) is 0 Å². The molecule has 152 valence electrons. The van der Waals surface area contributed by atoms with E-state index in [1.54, 1.807) is 0 Å². The molecule has 1 aliphatic rings. The molecule has 30 heavy (non-hydrogen) atoms. The van der Waals surface area contributed by atoms with Crippen LogP contribution in [0.2, 0.25) is 0 Å². The Morgan fingerprint density at radius 3 is 2.60 bits per heavy atom. The number of carbonyl (C=O) groups excluding carboxylic acids is 1. The van der Waals surface area contributed by atoms with Crippen LogP contribution in [0.15, 0.2) is 55.0 Å². The van der Waals surface area contributed by atoms with Gasteiger partial charge in [0.05, 0.1) is 30.2 Å². The Kier molecular flexibility index (Phi) is 5.64. The van der Waals surface area contributed by atoms with Gasteiger partial charge in [-0.2, -0.15) is 5.26 Å². The third-order valence-corrected chi connectivity index (χ3v) is 5.79. The third-order valence-electron chi connectivity index (χ3n) is 5.79. The molecule has 0 N–H and O–H groups in total. The number of anilines is 1. The predicted octanol–water partition coefficient (Wildman–Crippen LogP) is 3.27. The first kappa shape index (κ1) is 19.9. The van der Waals surface area contributed by atoms with Crippen LogP contribution in [-0.4, -0.2) is 40.0 Å². The molecule has 1 saturated heterocycles. The Balaban J connectivity index is 1.42. The fourth-order valence-electron chi connectivity index (χ4n) is 3.87. The minimum absolute atomic E-state index is 0.133. The van der Waals surface area contributed by atoms with Crippen molar-refractivity contribution in [1.29, 1.82) is 5.26 Å². The molecule has 0 aliphatic carbocycles. The highest BCUT2D eigenvalue weighted by molar-refractivity contribution is 5.96. The first-order valence-electron chi connectivity index (χ1n) is 10.1. The number of hydrogen-bond donors (Lipinski definition) is 0. The highest BCUT2D eigenvalue weighted by Gasteiger charge is 2.26. The summed E-state index contributed by atoms with van der Waals surface area (Å²) >= 11 is 0. The maximum atomic E-state index is 12.9. The number of imidazole rings is 1. The Morgan fingerprint density at radius 1 is 1.07 bits per heavy atom. The zero-order valence-electron chi connectivity index (χ0n) is 17.4. The van der Waals surface area contributed by atoms with Crippen LogP contribution in [0.5, 0.6) is 0 Å². The molecule has 1 amide bonds. The van der Waals surface area contributed by atoms with E-state index >= 15 is 0 Å². The van der Waals surface area contributed by atoms with E-state index in [-0.39, 0.29) is 5.91 Å². The van der Waals surface area contributed by atoms with Crippen LogP contribution in [0.4, 0.5) is 5.69 Å². The number of aryl methyl sites for hydroxylation is 1. The van der Waals surface area contributed by atoms with Gasteiger partial charge in [0.15, 0.2) is 0 Å². The van der Waals surface area contributed by atoms with Gasteiger partial charge in [-0.25, -0.2) is 4.98 Å². The molecule has 0 saturated carbocycles. The van der Waals surface area contributed by atoms with Crippen molar-refractivity contribution in [3.63, 3.8) is 0 Å². The molecule has 6 heteroatoms. The van der Waals surface area contributed by atoms with Crippen molar-refractivity contribution in [3.8, 4) is 6.07 Å². The molecule has 1 aromatic heterocycles. The van der Waals surface area contributed by atoms with E-state index in [1.165, 1.54) is 11.1 Å². The minimum Gasteiger partial charge on any atom is -0.329 e. The average Bonchev–Trinajstić information content (AvgIpc) is 3.17. The van der Waals surface area contributed by atoms with Gasteiger partial charge in [-0.15, -0.1) is 0 Å².